The van der Waals surface area contributed by atoms with E-state index in [1.165, 1.54) is 4.88 Å². The first-order valence-corrected chi connectivity index (χ1v) is 8.37. The lowest BCUT2D eigenvalue weighted by Crippen LogP contribution is -2.42. The molecule has 2 aromatic rings. The van der Waals surface area contributed by atoms with Crippen LogP contribution < -0.4 is 10.5 Å². The van der Waals surface area contributed by atoms with Crippen molar-refractivity contribution in [2.45, 2.75) is 26.4 Å². The van der Waals surface area contributed by atoms with Crippen LogP contribution in [0.1, 0.15) is 17.4 Å². The fourth-order valence-electron chi connectivity index (χ4n) is 2.71. The van der Waals surface area contributed by atoms with Crippen LogP contribution in [-0.2, 0) is 11.3 Å². The van der Waals surface area contributed by atoms with Gasteiger partial charge in [0.1, 0.15) is 6.61 Å². The number of carbonyl (C=O) groups is 1. The van der Waals surface area contributed by atoms with Gasteiger partial charge >= 0.3 is 0 Å². The third kappa shape index (κ3) is 3.66. The number of rotatable bonds is 2. The van der Waals surface area contributed by atoms with Gasteiger partial charge in [-0.2, -0.15) is 0 Å². The highest BCUT2D eigenvalue weighted by molar-refractivity contribution is 7.15. The van der Waals surface area contributed by atoms with E-state index in [0.717, 1.165) is 16.0 Å². The van der Waals surface area contributed by atoms with Gasteiger partial charge in [0.2, 0.25) is 5.91 Å². The first-order chi connectivity index (χ1) is 11.0. The molecule has 24 heavy (non-hydrogen) atoms. The van der Waals surface area contributed by atoms with Crippen LogP contribution in [0.25, 0.3) is 10.4 Å². The number of hydrogen-bond acceptors (Lipinski definition) is 5. The highest BCUT2D eigenvalue weighted by Crippen LogP contribution is 2.39. The number of nitrogens with two attached hydrogens (primary N) is 1. The average molecular weight is 369 g/mol. The molecule has 2 heterocycles. The average Bonchev–Trinajstić information content (AvgIpc) is 2.81. The summed E-state index contributed by atoms with van der Waals surface area (Å²) < 4.78 is 5.65. The molecule has 0 radical (unpaired) electrons. The molecule has 0 unspecified atom stereocenters. The van der Waals surface area contributed by atoms with Crippen molar-refractivity contribution in [2.75, 3.05) is 13.2 Å². The Morgan fingerprint density at radius 2 is 2.17 bits per heavy atom. The van der Waals surface area contributed by atoms with E-state index in [4.69, 9.17) is 10.5 Å². The summed E-state index contributed by atoms with van der Waals surface area (Å²) in [7, 11) is 0. The monoisotopic (exact) mass is 368 g/mol. The molecule has 1 atom stereocenters. The van der Waals surface area contributed by atoms with Crippen molar-refractivity contribution in [2.24, 2.45) is 5.73 Å². The predicted molar refractivity (Wildman–Crippen MR) is 98.0 cm³/mol. The van der Waals surface area contributed by atoms with Crippen LogP contribution in [0, 0.1) is 6.92 Å². The van der Waals surface area contributed by atoms with E-state index in [1.807, 2.05) is 25.1 Å². The van der Waals surface area contributed by atoms with Gasteiger partial charge in [0.15, 0.2) is 11.5 Å². The Bertz CT molecular complexity index is 745. The number of phenols is 1. The molecular weight excluding hydrogens is 348 g/mol. The molecule has 0 fully saturated rings. The summed E-state index contributed by atoms with van der Waals surface area (Å²) in [5.74, 6) is 0.457. The SMILES string of the molecule is Cc1ccc(-c2cc(O)c3c(c2)CN(C(=O)[C@@H](C)N)CCO3)s1.Cl. The summed E-state index contributed by atoms with van der Waals surface area (Å²) in [6.45, 7) is 4.92. The van der Waals surface area contributed by atoms with Gasteiger partial charge in [-0.3, -0.25) is 4.79 Å². The van der Waals surface area contributed by atoms with E-state index >= 15 is 0 Å². The molecule has 5 nitrogen and oxygen atoms in total. The number of aryl methyl sites for hydroxylation is 1. The summed E-state index contributed by atoms with van der Waals surface area (Å²) in [6, 6.07) is 7.22. The number of aromatic hydroxyl groups is 1. The van der Waals surface area contributed by atoms with Crippen molar-refractivity contribution in [3.8, 4) is 21.9 Å². The van der Waals surface area contributed by atoms with Crippen LogP contribution in [0.5, 0.6) is 11.5 Å². The van der Waals surface area contributed by atoms with Crippen molar-refractivity contribution in [3.05, 3.63) is 34.7 Å². The first kappa shape index (κ1) is 18.6. The van der Waals surface area contributed by atoms with Gasteiger partial charge < -0.3 is 20.5 Å². The highest BCUT2D eigenvalue weighted by atomic mass is 35.5. The van der Waals surface area contributed by atoms with Crippen molar-refractivity contribution in [1.29, 1.82) is 0 Å². The molecule has 0 saturated heterocycles. The maximum absolute atomic E-state index is 12.2. The van der Waals surface area contributed by atoms with E-state index in [-0.39, 0.29) is 24.1 Å². The number of nitrogens with zero attached hydrogens (tertiary/aromatic N) is 1. The van der Waals surface area contributed by atoms with Crippen molar-refractivity contribution in [1.82, 2.24) is 4.90 Å². The van der Waals surface area contributed by atoms with E-state index < -0.39 is 6.04 Å². The summed E-state index contributed by atoms with van der Waals surface area (Å²) in [5, 5.41) is 10.3. The Balaban J connectivity index is 0.00000208. The Hall–Kier alpha value is -1.76. The van der Waals surface area contributed by atoms with Gasteiger partial charge in [-0.05, 0) is 43.7 Å². The zero-order valence-electron chi connectivity index (χ0n) is 13.6. The number of phenolic OH excluding ortho intramolecular Hbond substituents is 1. The fourth-order valence-corrected chi connectivity index (χ4v) is 3.56. The zero-order valence-corrected chi connectivity index (χ0v) is 15.2. The molecule has 7 heteroatoms. The summed E-state index contributed by atoms with van der Waals surface area (Å²) in [4.78, 5) is 16.2. The topological polar surface area (TPSA) is 75.8 Å². The number of fused-ring (bicyclic) bond motifs is 1. The van der Waals surface area contributed by atoms with Gasteiger partial charge in [0, 0.05) is 21.9 Å². The molecule has 1 aromatic carbocycles. The minimum absolute atomic E-state index is 0. The van der Waals surface area contributed by atoms with Crippen LogP contribution in [-0.4, -0.2) is 35.1 Å². The lowest BCUT2D eigenvalue weighted by atomic mass is 10.1. The molecule has 3 rings (SSSR count). The highest BCUT2D eigenvalue weighted by Gasteiger charge is 2.24. The Morgan fingerprint density at radius 3 is 2.79 bits per heavy atom. The molecule has 0 saturated carbocycles. The van der Waals surface area contributed by atoms with Gasteiger partial charge in [-0.15, -0.1) is 23.7 Å². The first-order valence-electron chi connectivity index (χ1n) is 7.55. The minimum Gasteiger partial charge on any atom is -0.504 e. The molecule has 0 bridgehead atoms. The third-order valence-corrected chi connectivity index (χ3v) is 4.89. The van der Waals surface area contributed by atoms with E-state index in [2.05, 4.69) is 0 Å². The molecule has 1 aliphatic rings. The molecule has 130 valence electrons. The predicted octanol–water partition coefficient (Wildman–Crippen LogP) is 2.92. The quantitative estimate of drug-likeness (QED) is 0.854. The van der Waals surface area contributed by atoms with Crippen molar-refractivity contribution >= 4 is 29.7 Å². The fraction of sp³-hybridized carbons (Fsp3) is 0.353. The molecule has 1 aliphatic heterocycles. The summed E-state index contributed by atoms with van der Waals surface area (Å²) in [6.07, 6.45) is 0. The van der Waals surface area contributed by atoms with Gasteiger partial charge in [0.25, 0.3) is 0 Å². The molecule has 0 aliphatic carbocycles. The second-order valence-electron chi connectivity index (χ2n) is 5.79. The number of benzene rings is 1. The number of ether oxygens (including phenoxy) is 1. The Kier molecular flexibility index (Phi) is 5.74. The maximum Gasteiger partial charge on any atom is 0.239 e. The van der Waals surface area contributed by atoms with Crippen LogP contribution in [0.3, 0.4) is 0 Å². The molecule has 0 spiro atoms. The third-order valence-electron chi connectivity index (χ3n) is 3.84. The van der Waals surface area contributed by atoms with Gasteiger partial charge in [-0.1, -0.05) is 0 Å². The Labute approximate surface area is 151 Å². The largest absolute Gasteiger partial charge is 0.504 e. The smallest absolute Gasteiger partial charge is 0.239 e. The number of carbonyl (C=O) groups excluding carboxylic acids is 1. The summed E-state index contributed by atoms with van der Waals surface area (Å²) >= 11 is 1.66. The minimum atomic E-state index is -0.548. The van der Waals surface area contributed by atoms with Gasteiger partial charge in [-0.25, -0.2) is 0 Å². The maximum atomic E-state index is 12.2. The van der Waals surface area contributed by atoms with E-state index in [1.54, 1.807) is 29.2 Å². The lowest BCUT2D eigenvalue weighted by molar-refractivity contribution is -0.132. The number of halogens is 1. The lowest BCUT2D eigenvalue weighted by Gasteiger charge is -2.21. The number of amides is 1. The van der Waals surface area contributed by atoms with Crippen molar-refractivity contribution < 1.29 is 14.6 Å². The van der Waals surface area contributed by atoms with Crippen LogP contribution in [0.4, 0.5) is 0 Å². The zero-order chi connectivity index (χ0) is 16.6. The van der Waals surface area contributed by atoms with Crippen LogP contribution >= 0.6 is 23.7 Å². The number of hydrogen-bond donors (Lipinski definition) is 2. The van der Waals surface area contributed by atoms with Crippen molar-refractivity contribution in [3.63, 3.8) is 0 Å². The molecule has 1 aromatic heterocycles. The number of thiophene rings is 1. The van der Waals surface area contributed by atoms with Crippen LogP contribution in [0.15, 0.2) is 24.3 Å². The normalized spacial score (nSPS) is 14.9. The van der Waals surface area contributed by atoms with E-state index in [9.17, 15) is 9.90 Å². The standard InChI is InChI=1S/C17H20N2O3S.ClH/c1-10-3-4-15(23-10)12-7-13-9-19(17(21)11(2)18)5-6-22-16(13)14(20)8-12;/h3-4,7-8,11,20H,5-6,9,18H2,1-2H3;1H/t11-;/m1./s1. The summed E-state index contributed by atoms with van der Waals surface area (Å²) in [5.41, 5.74) is 7.44. The second-order valence-corrected chi connectivity index (χ2v) is 7.08. The Morgan fingerprint density at radius 1 is 1.42 bits per heavy atom. The second kappa shape index (κ2) is 7.42. The molecular formula is C17H21ClN2O3S. The van der Waals surface area contributed by atoms with Crippen LogP contribution in [0.2, 0.25) is 0 Å². The van der Waals surface area contributed by atoms with E-state index in [0.29, 0.717) is 25.4 Å². The molecule has 1 amide bonds. The van der Waals surface area contributed by atoms with Gasteiger partial charge in [0.05, 0.1) is 12.6 Å². The molecule has 3 N–H and O–H groups in total.